The van der Waals surface area contributed by atoms with Crippen LogP contribution in [0.3, 0.4) is 0 Å². The largest absolute Gasteiger partial charge is 0.522 e. The molecular formula is C22H21F3N6O2. The van der Waals surface area contributed by atoms with Crippen LogP contribution in [0.25, 0.3) is 27.5 Å². The zero-order chi connectivity index (χ0) is 23.0. The maximum atomic E-state index is 12.4. The van der Waals surface area contributed by atoms with Crippen molar-refractivity contribution in [1.82, 2.24) is 24.6 Å². The Hall–Kier alpha value is -3.47. The first-order valence-corrected chi connectivity index (χ1v) is 10.5. The molecule has 0 aliphatic heterocycles. The van der Waals surface area contributed by atoms with Crippen molar-refractivity contribution in [2.45, 2.75) is 44.2 Å². The second kappa shape index (κ2) is 8.47. The van der Waals surface area contributed by atoms with Crippen molar-refractivity contribution < 1.29 is 22.6 Å². The van der Waals surface area contributed by atoms with Crippen molar-refractivity contribution in [3.8, 4) is 17.0 Å². The van der Waals surface area contributed by atoms with Crippen LogP contribution in [0.2, 0.25) is 0 Å². The standard InChI is InChI=1S/C22H21F3N6O2/c1-32-20-17-10-13(2-7-18(17)27-12-28-20)16-8-9-31-19(16)11-26-21(30-31)29-14-3-5-15(6-4-14)33-22(23,24)25/h2,7-12,14-15H,3-6H2,1H3,(H,29,30)/t14-,15+. The van der Waals surface area contributed by atoms with Crippen LogP contribution in [-0.2, 0) is 4.74 Å². The van der Waals surface area contributed by atoms with Crippen molar-refractivity contribution in [2.24, 2.45) is 0 Å². The molecule has 1 fully saturated rings. The second-order valence-electron chi connectivity index (χ2n) is 7.94. The van der Waals surface area contributed by atoms with Crippen molar-refractivity contribution in [2.75, 3.05) is 12.4 Å². The molecule has 172 valence electrons. The van der Waals surface area contributed by atoms with E-state index in [0.717, 1.165) is 27.5 Å². The summed E-state index contributed by atoms with van der Waals surface area (Å²) in [5.74, 6) is 0.932. The van der Waals surface area contributed by atoms with Gasteiger partial charge >= 0.3 is 6.36 Å². The zero-order valence-corrected chi connectivity index (χ0v) is 17.7. The smallest absolute Gasteiger partial charge is 0.480 e. The number of fused-ring (bicyclic) bond motifs is 2. The number of nitrogens with one attached hydrogen (secondary N) is 1. The lowest BCUT2D eigenvalue weighted by molar-refractivity contribution is -0.345. The van der Waals surface area contributed by atoms with Crippen LogP contribution in [0.4, 0.5) is 19.1 Å². The molecule has 3 aromatic heterocycles. The average molecular weight is 458 g/mol. The number of aromatic nitrogens is 5. The first-order valence-electron chi connectivity index (χ1n) is 10.5. The van der Waals surface area contributed by atoms with Gasteiger partial charge in [0.1, 0.15) is 6.33 Å². The van der Waals surface area contributed by atoms with Gasteiger partial charge in [0.15, 0.2) is 0 Å². The minimum absolute atomic E-state index is 0.00137. The third kappa shape index (κ3) is 4.54. The Labute approximate surface area is 186 Å². The molecule has 1 aliphatic carbocycles. The fraction of sp³-hybridized carbons (Fsp3) is 0.364. The second-order valence-corrected chi connectivity index (χ2v) is 7.94. The van der Waals surface area contributed by atoms with Gasteiger partial charge in [0, 0.05) is 17.8 Å². The minimum atomic E-state index is -4.59. The molecular weight excluding hydrogens is 437 g/mol. The lowest BCUT2D eigenvalue weighted by Crippen LogP contribution is -2.33. The minimum Gasteiger partial charge on any atom is -0.480 e. The number of hydrogen-bond acceptors (Lipinski definition) is 7. The maximum Gasteiger partial charge on any atom is 0.522 e. The maximum absolute atomic E-state index is 12.4. The number of ether oxygens (including phenoxy) is 2. The predicted molar refractivity (Wildman–Crippen MR) is 115 cm³/mol. The van der Waals surface area contributed by atoms with Crippen LogP contribution in [0.1, 0.15) is 25.7 Å². The molecule has 8 nitrogen and oxygen atoms in total. The molecule has 4 aromatic rings. The molecule has 0 saturated heterocycles. The summed E-state index contributed by atoms with van der Waals surface area (Å²) in [6.07, 6.45) is 1.44. The van der Waals surface area contributed by atoms with E-state index in [0.29, 0.717) is 37.5 Å². The number of anilines is 1. The van der Waals surface area contributed by atoms with E-state index in [2.05, 4.69) is 30.1 Å². The predicted octanol–water partition coefficient (Wildman–Crippen LogP) is 4.61. The van der Waals surface area contributed by atoms with Gasteiger partial charge in [-0.3, -0.25) is 4.74 Å². The number of rotatable bonds is 5. The molecule has 0 amide bonds. The van der Waals surface area contributed by atoms with Gasteiger partial charge in [0.25, 0.3) is 0 Å². The normalized spacial score (nSPS) is 19.2. The molecule has 0 atom stereocenters. The van der Waals surface area contributed by atoms with Gasteiger partial charge in [-0.05, 0) is 49.4 Å². The first-order chi connectivity index (χ1) is 15.9. The van der Waals surface area contributed by atoms with Gasteiger partial charge in [0.2, 0.25) is 11.8 Å². The summed E-state index contributed by atoms with van der Waals surface area (Å²) in [6, 6.07) is 7.80. The van der Waals surface area contributed by atoms with Crippen molar-refractivity contribution in [3.05, 3.63) is 43.0 Å². The van der Waals surface area contributed by atoms with Crippen LogP contribution in [-0.4, -0.2) is 50.2 Å². The van der Waals surface area contributed by atoms with Crippen molar-refractivity contribution >= 4 is 22.4 Å². The molecule has 11 heteroatoms. The number of alkyl halides is 3. The molecule has 0 spiro atoms. The quantitative estimate of drug-likeness (QED) is 0.467. The average Bonchev–Trinajstić information content (AvgIpc) is 3.22. The van der Waals surface area contributed by atoms with E-state index in [-0.39, 0.29) is 6.04 Å². The lowest BCUT2D eigenvalue weighted by Gasteiger charge is -2.29. The third-order valence-electron chi connectivity index (χ3n) is 5.83. The third-order valence-corrected chi connectivity index (χ3v) is 5.83. The fourth-order valence-corrected chi connectivity index (χ4v) is 4.27. The fourth-order valence-electron chi connectivity index (χ4n) is 4.27. The molecule has 1 aliphatic rings. The number of benzene rings is 1. The number of halogens is 3. The highest BCUT2D eigenvalue weighted by Crippen LogP contribution is 2.31. The summed E-state index contributed by atoms with van der Waals surface area (Å²) in [5.41, 5.74) is 3.50. The van der Waals surface area contributed by atoms with Crippen LogP contribution in [0, 0.1) is 0 Å². The van der Waals surface area contributed by atoms with Crippen LogP contribution in [0.5, 0.6) is 5.88 Å². The van der Waals surface area contributed by atoms with E-state index in [4.69, 9.17) is 4.74 Å². The van der Waals surface area contributed by atoms with E-state index >= 15 is 0 Å². The van der Waals surface area contributed by atoms with Gasteiger partial charge < -0.3 is 10.1 Å². The molecule has 33 heavy (non-hydrogen) atoms. The molecule has 1 aromatic carbocycles. The van der Waals surface area contributed by atoms with E-state index in [1.165, 1.54) is 6.33 Å². The summed E-state index contributed by atoms with van der Waals surface area (Å²) < 4.78 is 48.4. The van der Waals surface area contributed by atoms with Gasteiger partial charge in [-0.25, -0.2) is 19.5 Å². The molecule has 5 rings (SSSR count). The van der Waals surface area contributed by atoms with Crippen LogP contribution in [0.15, 0.2) is 43.0 Å². The van der Waals surface area contributed by atoms with E-state index in [1.807, 2.05) is 30.5 Å². The Morgan fingerprint density at radius 3 is 2.64 bits per heavy atom. The molecule has 1 N–H and O–H groups in total. The molecule has 0 radical (unpaired) electrons. The Morgan fingerprint density at radius 2 is 1.88 bits per heavy atom. The van der Waals surface area contributed by atoms with Crippen LogP contribution >= 0.6 is 0 Å². The summed E-state index contributed by atoms with van der Waals surface area (Å²) in [6.45, 7) is 0. The van der Waals surface area contributed by atoms with Gasteiger partial charge in [-0.2, -0.15) is 0 Å². The molecule has 0 unspecified atom stereocenters. The highest BCUT2D eigenvalue weighted by Gasteiger charge is 2.35. The SMILES string of the molecule is COc1ncnc2ccc(-c3ccn4nc(N[C@H]5CC[C@@H](OC(F)(F)F)CC5)ncc34)cc12. The lowest BCUT2D eigenvalue weighted by atomic mass is 9.93. The molecule has 3 heterocycles. The topological polar surface area (TPSA) is 86.5 Å². The first kappa shape index (κ1) is 21.4. The highest BCUT2D eigenvalue weighted by molar-refractivity contribution is 5.91. The summed E-state index contributed by atoms with van der Waals surface area (Å²) >= 11 is 0. The number of hydrogen-bond donors (Lipinski definition) is 1. The summed E-state index contributed by atoms with van der Waals surface area (Å²) in [7, 11) is 1.57. The van der Waals surface area contributed by atoms with E-state index in [9.17, 15) is 13.2 Å². The van der Waals surface area contributed by atoms with E-state index in [1.54, 1.807) is 17.8 Å². The number of methoxy groups -OCH3 is 1. The Bertz CT molecular complexity index is 1280. The van der Waals surface area contributed by atoms with Crippen molar-refractivity contribution in [1.29, 1.82) is 0 Å². The van der Waals surface area contributed by atoms with Crippen LogP contribution < -0.4 is 10.1 Å². The highest BCUT2D eigenvalue weighted by atomic mass is 19.4. The van der Waals surface area contributed by atoms with Gasteiger partial charge in [0.05, 0.1) is 35.8 Å². The Morgan fingerprint density at radius 1 is 1.06 bits per heavy atom. The van der Waals surface area contributed by atoms with Crippen molar-refractivity contribution in [3.63, 3.8) is 0 Å². The van der Waals surface area contributed by atoms with Gasteiger partial charge in [-0.1, -0.05) is 6.07 Å². The van der Waals surface area contributed by atoms with Gasteiger partial charge in [-0.15, -0.1) is 18.3 Å². The zero-order valence-electron chi connectivity index (χ0n) is 17.7. The summed E-state index contributed by atoms with van der Waals surface area (Å²) in [5, 5.41) is 8.56. The summed E-state index contributed by atoms with van der Waals surface area (Å²) in [4.78, 5) is 12.9. The Balaban J connectivity index is 1.33. The van der Waals surface area contributed by atoms with E-state index < -0.39 is 12.5 Å². The molecule has 1 saturated carbocycles. The monoisotopic (exact) mass is 458 g/mol. The number of nitrogens with zero attached hydrogens (tertiary/aromatic N) is 5. The Kier molecular flexibility index (Phi) is 5.49. The molecule has 0 bridgehead atoms.